The Morgan fingerprint density at radius 2 is 1.73 bits per heavy atom. The number of benzene rings is 2. The Morgan fingerprint density at radius 3 is 2.38 bits per heavy atom. The molecular weight excluding hydrogens is 330 g/mol. The third-order valence-corrected chi connectivity index (χ3v) is 3.71. The van der Waals surface area contributed by atoms with E-state index in [0.717, 1.165) is 29.0 Å². The predicted molar refractivity (Wildman–Crippen MR) is 105 cm³/mol. The molecule has 2 rings (SSSR count). The lowest BCUT2D eigenvalue weighted by atomic mass is 10.1. The number of anilines is 1. The quantitative estimate of drug-likeness (QED) is 0.474. The summed E-state index contributed by atoms with van der Waals surface area (Å²) in [6.07, 6.45) is 0.769. The van der Waals surface area contributed by atoms with Crippen LogP contribution in [0.3, 0.4) is 0 Å². The number of guanidine groups is 1. The lowest BCUT2D eigenvalue weighted by Gasteiger charge is -2.14. The first kappa shape index (κ1) is 19.6. The normalized spacial score (nSPS) is 11.3. The van der Waals surface area contributed by atoms with Crippen LogP contribution in [0.15, 0.2) is 47.5 Å². The molecule has 0 saturated heterocycles. The van der Waals surface area contributed by atoms with Crippen molar-refractivity contribution >= 4 is 11.6 Å². The Hall–Kier alpha value is -2.73. The Balaban J connectivity index is 1.99. The average Bonchev–Trinajstić information content (AvgIpc) is 2.65. The third kappa shape index (κ3) is 5.97. The number of hydrogen-bond acceptors (Lipinski definition) is 4. The van der Waals surface area contributed by atoms with E-state index in [2.05, 4.69) is 10.3 Å². The molecule has 0 spiro atoms. The first-order valence-corrected chi connectivity index (χ1v) is 8.81. The topological polar surface area (TPSA) is 89.1 Å². The standard InChI is InChI=1S/C20H27N3O3/c1-3-25-17-9-10-19(26-4-2)18(13-17)23-20(21)22-12-11-15-5-7-16(14-24)8-6-15/h5-10,13,24H,3-4,11-12,14H2,1-2H3,(H3,21,22,23). The summed E-state index contributed by atoms with van der Waals surface area (Å²) in [5, 5.41) is 12.2. The molecule has 0 aromatic heterocycles. The van der Waals surface area contributed by atoms with Gasteiger partial charge in [0.1, 0.15) is 11.5 Å². The highest BCUT2D eigenvalue weighted by Crippen LogP contribution is 2.29. The van der Waals surface area contributed by atoms with Gasteiger partial charge < -0.3 is 25.6 Å². The maximum Gasteiger partial charge on any atom is 0.193 e. The number of aliphatic imine (C=N–C) groups is 1. The first-order chi connectivity index (χ1) is 12.7. The summed E-state index contributed by atoms with van der Waals surface area (Å²) in [6, 6.07) is 13.4. The summed E-state index contributed by atoms with van der Waals surface area (Å²) in [7, 11) is 0. The van der Waals surface area contributed by atoms with Crippen LogP contribution >= 0.6 is 0 Å². The Labute approximate surface area is 154 Å². The molecule has 0 bridgehead atoms. The number of rotatable bonds is 9. The molecule has 140 valence electrons. The molecular formula is C20H27N3O3. The minimum Gasteiger partial charge on any atom is -0.494 e. The predicted octanol–water partition coefficient (Wildman–Crippen LogP) is 2.95. The fourth-order valence-corrected chi connectivity index (χ4v) is 2.44. The van der Waals surface area contributed by atoms with E-state index in [4.69, 9.17) is 20.3 Å². The second-order valence-electron chi connectivity index (χ2n) is 5.64. The second-order valence-corrected chi connectivity index (χ2v) is 5.64. The fraction of sp³-hybridized carbons (Fsp3) is 0.350. The Kier molecular flexibility index (Phi) is 7.76. The van der Waals surface area contributed by atoms with E-state index < -0.39 is 0 Å². The van der Waals surface area contributed by atoms with Crippen molar-refractivity contribution in [1.29, 1.82) is 0 Å². The largest absolute Gasteiger partial charge is 0.494 e. The van der Waals surface area contributed by atoms with Crippen molar-refractivity contribution in [1.82, 2.24) is 0 Å². The number of aliphatic hydroxyl groups excluding tert-OH is 1. The molecule has 0 fully saturated rings. The minimum atomic E-state index is 0.0538. The average molecular weight is 357 g/mol. The van der Waals surface area contributed by atoms with Crippen molar-refractivity contribution in [3.63, 3.8) is 0 Å². The second kappa shape index (κ2) is 10.3. The molecule has 6 heteroatoms. The SMILES string of the molecule is CCOc1ccc(OCC)c(NC(N)=NCCc2ccc(CO)cc2)c1. The smallest absolute Gasteiger partial charge is 0.193 e. The molecule has 0 atom stereocenters. The van der Waals surface area contributed by atoms with Crippen molar-refractivity contribution in [2.24, 2.45) is 10.7 Å². The number of nitrogens with two attached hydrogens (primary N) is 1. The highest BCUT2D eigenvalue weighted by atomic mass is 16.5. The summed E-state index contributed by atoms with van der Waals surface area (Å²) < 4.78 is 11.1. The maximum absolute atomic E-state index is 9.07. The van der Waals surface area contributed by atoms with Crippen LogP contribution in [0.5, 0.6) is 11.5 Å². The Morgan fingerprint density at radius 1 is 1.04 bits per heavy atom. The summed E-state index contributed by atoms with van der Waals surface area (Å²) in [5.41, 5.74) is 8.79. The van der Waals surface area contributed by atoms with Gasteiger partial charge in [-0.15, -0.1) is 0 Å². The van der Waals surface area contributed by atoms with Crippen molar-refractivity contribution in [3.8, 4) is 11.5 Å². The number of nitrogens with zero attached hydrogens (tertiary/aromatic N) is 1. The van der Waals surface area contributed by atoms with Crippen LogP contribution in [-0.2, 0) is 13.0 Å². The molecule has 6 nitrogen and oxygen atoms in total. The van der Waals surface area contributed by atoms with Crippen LogP contribution in [0.2, 0.25) is 0 Å². The third-order valence-electron chi connectivity index (χ3n) is 3.71. The van der Waals surface area contributed by atoms with Crippen LogP contribution < -0.4 is 20.5 Å². The van der Waals surface area contributed by atoms with Gasteiger partial charge in [0.15, 0.2) is 5.96 Å². The van der Waals surface area contributed by atoms with Gasteiger partial charge in [-0.1, -0.05) is 24.3 Å². The number of nitrogens with one attached hydrogen (secondary N) is 1. The molecule has 4 N–H and O–H groups in total. The van der Waals surface area contributed by atoms with Gasteiger partial charge >= 0.3 is 0 Å². The van der Waals surface area contributed by atoms with Crippen LogP contribution in [0.4, 0.5) is 5.69 Å². The van der Waals surface area contributed by atoms with Crippen molar-refractivity contribution in [2.45, 2.75) is 26.9 Å². The summed E-state index contributed by atoms with van der Waals surface area (Å²) in [4.78, 5) is 4.37. The fourth-order valence-electron chi connectivity index (χ4n) is 2.44. The molecule has 2 aromatic rings. The highest BCUT2D eigenvalue weighted by Gasteiger charge is 2.07. The van der Waals surface area contributed by atoms with Gasteiger partial charge in [-0.25, -0.2) is 0 Å². The number of aliphatic hydroxyl groups is 1. The van der Waals surface area contributed by atoms with Crippen molar-refractivity contribution in [2.75, 3.05) is 25.1 Å². The molecule has 0 aliphatic heterocycles. The zero-order valence-electron chi connectivity index (χ0n) is 15.4. The van der Waals surface area contributed by atoms with E-state index in [0.29, 0.717) is 31.5 Å². The lowest BCUT2D eigenvalue weighted by molar-refractivity contribution is 0.282. The summed E-state index contributed by atoms with van der Waals surface area (Å²) in [5.74, 6) is 1.77. The Bertz CT molecular complexity index is 715. The van der Waals surface area contributed by atoms with E-state index in [1.54, 1.807) is 0 Å². The van der Waals surface area contributed by atoms with Crippen LogP contribution in [-0.4, -0.2) is 30.8 Å². The zero-order valence-corrected chi connectivity index (χ0v) is 15.4. The highest BCUT2D eigenvalue weighted by molar-refractivity contribution is 5.94. The number of hydrogen-bond donors (Lipinski definition) is 3. The van der Waals surface area contributed by atoms with E-state index in [1.165, 1.54) is 0 Å². The van der Waals surface area contributed by atoms with Gasteiger partial charge in [-0.2, -0.15) is 0 Å². The molecule has 0 aliphatic carbocycles. The molecule has 0 radical (unpaired) electrons. The monoisotopic (exact) mass is 357 g/mol. The molecule has 2 aromatic carbocycles. The van der Waals surface area contributed by atoms with Crippen molar-refractivity contribution in [3.05, 3.63) is 53.6 Å². The van der Waals surface area contributed by atoms with Gasteiger partial charge in [-0.05, 0) is 43.5 Å². The van der Waals surface area contributed by atoms with Gasteiger partial charge in [0, 0.05) is 12.6 Å². The lowest BCUT2D eigenvalue weighted by Crippen LogP contribution is -2.23. The van der Waals surface area contributed by atoms with Crippen molar-refractivity contribution < 1.29 is 14.6 Å². The maximum atomic E-state index is 9.07. The molecule has 0 unspecified atom stereocenters. The molecule has 26 heavy (non-hydrogen) atoms. The van der Waals surface area contributed by atoms with Crippen LogP contribution in [0.1, 0.15) is 25.0 Å². The van der Waals surface area contributed by atoms with Crippen LogP contribution in [0.25, 0.3) is 0 Å². The van der Waals surface area contributed by atoms with E-state index in [-0.39, 0.29) is 6.61 Å². The summed E-state index contributed by atoms with van der Waals surface area (Å²) in [6.45, 7) is 5.63. The first-order valence-electron chi connectivity index (χ1n) is 8.81. The van der Waals surface area contributed by atoms with Gasteiger partial charge in [0.05, 0.1) is 25.5 Å². The minimum absolute atomic E-state index is 0.0538. The molecule has 0 saturated carbocycles. The molecule has 0 heterocycles. The number of ether oxygens (including phenoxy) is 2. The van der Waals surface area contributed by atoms with E-state index >= 15 is 0 Å². The molecule has 0 aliphatic rings. The van der Waals surface area contributed by atoms with E-state index in [1.807, 2.05) is 56.3 Å². The van der Waals surface area contributed by atoms with Gasteiger partial charge in [0.2, 0.25) is 0 Å². The van der Waals surface area contributed by atoms with Crippen LogP contribution in [0, 0.1) is 0 Å². The summed E-state index contributed by atoms with van der Waals surface area (Å²) >= 11 is 0. The molecule has 0 amide bonds. The van der Waals surface area contributed by atoms with E-state index in [9.17, 15) is 0 Å². The van der Waals surface area contributed by atoms with Gasteiger partial charge in [-0.3, -0.25) is 4.99 Å². The van der Waals surface area contributed by atoms with Gasteiger partial charge in [0.25, 0.3) is 0 Å². The zero-order chi connectivity index (χ0) is 18.8.